The summed E-state index contributed by atoms with van der Waals surface area (Å²) in [6.45, 7) is 3.30. The van der Waals surface area contributed by atoms with E-state index in [4.69, 9.17) is 27.9 Å². The van der Waals surface area contributed by atoms with Crippen LogP contribution in [0.5, 0.6) is 0 Å². The van der Waals surface area contributed by atoms with Crippen molar-refractivity contribution in [3.05, 3.63) is 39.1 Å². The average Bonchev–Trinajstić information content (AvgIpc) is 2.99. The van der Waals surface area contributed by atoms with Crippen molar-refractivity contribution < 1.29 is 4.74 Å². The lowest BCUT2D eigenvalue weighted by Crippen LogP contribution is -2.02. The van der Waals surface area contributed by atoms with Gasteiger partial charge in [-0.2, -0.15) is 5.21 Å². The Morgan fingerprint density at radius 3 is 2.81 bits per heavy atom. The van der Waals surface area contributed by atoms with Crippen molar-refractivity contribution in [2.24, 2.45) is 0 Å². The van der Waals surface area contributed by atoms with Gasteiger partial charge in [0.15, 0.2) is 5.82 Å². The lowest BCUT2D eigenvalue weighted by atomic mass is 10.0. The van der Waals surface area contributed by atoms with E-state index in [1.165, 1.54) is 0 Å². The molecule has 0 unspecified atom stereocenters. The number of H-pyrrole nitrogens is 1. The van der Waals surface area contributed by atoms with E-state index in [0.29, 0.717) is 29.1 Å². The molecule has 0 atom stereocenters. The fourth-order valence-electron chi connectivity index (χ4n) is 2.09. The minimum atomic E-state index is 0.540. The molecule has 0 aliphatic heterocycles. The minimum absolute atomic E-state index is 0.540. The molecule has 2 aromatic rings. The maximum Gasteiger partial charge on any atom is 0.174 e. The Hall–Kier alpha value is -1.17. The highest BCUT2D eigenvalue weighted by atomic mass is 35.5. The van der Waals surface area contributed by atoms with E-state index in [0.717, 1.165) is 36.8 Å². The second kappa shape index (κ2) is 8.32. The van der Waals surface area contributed by atoms with Gasteiger partial charge >= 0.3 is 0 Å². The van der Waals surface area contributed by atoms with Crippen LogP contribution in [0.25, 0.3) is 0 Å². The molecule has 7 heteroatoms. The quantitative estimate of drug-likeness (QED) is 0.752. The Balaban J connectivity index is 1.83. The third-order valence-corrected chi connectivity index (χ3v) is 3.97. The summed E-state index contributed by atoms with van der Waals surface area (Å²) >= 11 is 12.3. The van der Waals surface area contributed by atoms with Crippen LogP contribution in [0.2, 0.25) is 10.0 Å². The molecule has 0 aliphatic rings. The molecule has 1 heterocycles. The van der Waals surface area contributed by atoms with Gasteiger partial charge in [0, 0.05) is 13.0 Å². The summed E-state index contributed by atoms with van der Waals surface area (Å²) in [4.78, 5) is 0. The SMILES string of the molecule is CCCc1c(COCCCc2nn[nH]n2)ccc(Cl)c1Cl. The molecule has 0 bridgehead atoms. The molecule has 1 N–H and O–H groups in total. The largest absolute Gasteiger partial charge is 0.377 e. The van der Waals surface area contributed by atoms with Crippen LogP contribution in [0, 0.1) is 0 Å². The van der Waals surface area contributed by atoms with Crippen molar-refractivity contribution in [1.29, 1.82) is 0 Å². The van der Waals surface area contributed by atoms with Gasteiger partial charge in [-0.3, -0.25) is 0 Å². The number of aryl methyl sites for hydroxylation is 1. The van der Waals surface area contributed by atoms with Gasteiger partial charge in [-0.05, 0) is 30.0 Å². The van der Waals surface area contributed by atoms with Crippen molar-refractivity contribution in [2.75, 3.05) is 6.61 Å². The molecular formula is C14H18Cl2N4O. The second-order valence-corrected chi connectivity index (χ2v) is 5.52. The van der Waals surface area contributed by atoms with Gasteiger partial charge in [-0.25, -0.2) is 0 Å². The van der Waals surface area contributed by atoms with E-state index in [1.807, 2.05) is 12.1 Å². The summed E-state index contributed by atoms with van der Waals surface area (Å²) in [7, 11) is 0. The minimum Gasteiger partial charge on any atom is -0.377 e. The second-order valence-electron chi connectivity index (χ2n) is 4.73. The molecule has 0 amide bonds. The molecule has 5 nitrogen and oxygen atoms in total. The molecule has 21 heavy (non-hydrogen) atoms. The van der Waals surface area contributed by atoms with Crippen LogP contribution >= 0.6 is 23.2 Å². The maximum absolute atomic E-state index is 6.27. The molecule has 2 rings (SSSR count). The number of tetrazole rings is 1. The highest BCUT2D eigenvalue weighted by molar-refractivity contribution is 6.42. The van der Waals surface area contributed by atoms with E-state index < -0.39 is 0 Å². The molecular weight excluding hydrogens is 311 g/mol. The summed E-state index contributed by atoms with van der Waals surface area (Å²) in [6.07, 6.45) is 3.52. The average molecular weight is 329 g/mol. The highest BCUT2D eigenvalue weighted by Crippen LogP contribution is 2.30. The first kappa shape index (κ1) is 16.2. The number of hydrogen-bond donors (Lipinski definition) is 1. The zero-order chi connectivity index (χ0) is 15.1. The first-order chi connectivity index (χ1) is 10.2. The summed E-state index contributed by atoms with van der Waals surface area (Å²) in [6, 6.07) is 3.81. The summed E-state index contributed by atoms with van der Waals surface area (Å²) in [5.41, 5.74) is 2.19. The van der Waals surface area contributed by atoms with Gasteiger partial charge < -0.3 is 4.74 Å². The summed E-state index contributed by atoms with van der Waals surface area (Å²) in [5, 5.41) is 15.0. The topological polar surface area (TPSA) is 63.7 Å². The lowest BCUT2D eigenvalue weighted by molar-refractivity contribution is 0.118. The number of benzene rings is 1. The normalized spacial score (nSPS) is 11.0. The van der Waals surface area contributed by atoms with Gasteiger partial charge in [0.1, 0.15) is 0 Å². The van der Waals surface area contributed by atoms with E-state index >= 15 is 0 Å². The number of rotatable bonds is 8. The van der Waals surface area contributed by atoms with E-state index in [-0.39, 0.29) is 0 Å². The zero-order valence-corrected chi connectivity index (χ0v) is 13.4. The van der Waals surface area contributed by atoms with E-state index in [1.54, 1.807) is 0 Å². The molecule has 0 saturated carbocycles. The summed E-state index contributed by atoms with van der Waals surface area (Å²) in [5.74, 6) is 0.708. The first-order valence-corrected chi connectivity index (χ1v) is 7.73. The van der Waals surface area contributed by atoms with Crippen molar-refractivity contribution in [1.82, 2.24) is 20.6 Å². The highest BCUT2D eigenvalue weighted by Gasteiger charge is 2.10. The molecule has 1 aromatic carbocycles. The molecule has 1 aromatic heterocycles. The van der Waals surface area contributed by atoms with Crippen LogP contribution in [-0.4, -0.2) is 27.2 Å². The third kappa shape index (κ3) is 4.66. The Morgan fingerprint density at radius 1 is 1.24 bits per heavy atom. The third-order valence-electron chi connectivity index (χ3n) is 3.13. The molecule has 0 fully saturated rings. The molecule has 0 aliphatic carbocycles. The van der Waals surface area contributed by atoms with Crippen LogP contribution in [0.1, 0.15) is 36.7 Å². The predicted molar refractivity (Wildman–Crippen MR) is 82.6 cm³/mol. The number of aromatic amines is 1. The fourth-order valence-corrected chi connectivity index (χ4v) is 2.55. The first-order valence-electron chi connectivity index (χ1n) is 6.98. The number of aromatic nitrogens is 4. The van der Waals surface area contributed by atoms with E-state index in [9.17, 15) is 0 Å². The maximum atomic E-state index is 6.27. The predicted octanol–water partition coefficient (Wildman–Crippen LogP) is 3.61. The van der Waals surface area contributed by atoms with Crippen molar-refractivity contribution in [3.63, 3.8) is 0 Å². The van der Waals surface area contributed by atoms with Crippen LogP contribution in [0.15, 0.2) is 12.1 Å². The number of nitrogens with zero attached hydrogens (tertiary/aromatic N) is 3. The van der Waals surface area contributed by atoms with Crippen LogP contribution in [0.4, 0.5) is 0 Å². The van der Waals surface area contributed by atoms with Gasteiger partial charge in [0.2, 0.25) is 0 Å². The van der Waals surface area contributed by atoms with Gasteiger partial charge in [-0.1, -0.05) is 47.8 Å². The van der Waals surface area contributed by atoms with Gasteiger partial charge in [-0.15, -0.1) is 10.2 Å². The molecule has 0 radical (unpaired) electrons. The monoisotopic (exact) mass is 328 g/mol. The van der Waals surface area contributed by atoms with E-state index in [2.05, 4.69) is 27.5 Å². The Labute approximate surface area is 134 Å². The Kier molecular flexibility index (Phi) is 6.42. The van der Waals surface area contributed by atoms with Crippen molar-refractivity contribution >= 4 is 23.2 Å². The number of hydrogen-bond acceptors (Lipinski definition) is 4. The van der Waals surface area contributed by atoms with Gasteiger partial charge in [0.25, 0.3) is 0 Å². The van der Waals surface area contributed by atoms with Crippen LogP contribution < -0.4 is 0 Å². The van der Waals surface area contributed by atoms with Crippen molar-refractivity contribution in [3.8, 4) is 0 Å². The number of ether oxygens (including phenoxy) is 1. The standard InChI is InChI=1S/C14H18Cl2N4O/c1-2-4-11-10(6-7-12(15)14(11)16)9-21-8-3-5-13-17-19-20-18-13/h6-7H,2-5,8-9H2,1H3,(H,17,18,19,20). The molecule has 0 spiro atoms. The number of halogens is 2. The van der Waals surface area contributed by atoms with Crippen LogP contribution in [-0.2, 0) is 24.2 Å². The smallest absolute Gasteiger partial charge is 0.174 e. The van der Waals surface area contributed by atoms with Crippen molar-refractivity contribution in [2.45, 2.75) is 39.2 Å². The lowest BCUT2D eigenvalue weighted by Gasteiger charge is -2.12. The Bertz CT molecular complexity index is 560. The van der Waals surface area contributed by atoms with Crippen LogP contribution in [0.3, 0.4) is 0 Å². The molecule has 0 saturated heterocycles. The Morgan fingerprint density at radius 2 is 2.10 bits per heavy atom. The molecule has 114 valence electrons. The zero-order valence-electron chi connectivity index (χ0n) is 11.9. The van der Waals surface area contributed by atoms with Gasteiger partial charge in [0.05, 0.1) is 16.7 Å². The number of nitrogens with one attached hydrogen (secondary N) is 1. The fraction of sp³-hybridized carbons (Fsp3) is 0.500. The summed E-state index contributed by atoms with van der Waals surface area (Å²) < 4.78 is 5.71.